The molecule has 1 aliphatic rings. The summed E-state index contributed by atoms with van der Waals surface area (Å²) in [5.41, 5.74) is 7.21. The zero-order valence-corrected chi connectivity index (χ0v) is 21.1. The van der Waals surface area contributed by atoms with Crippen LogP contribution in [-0.4, -0.2) is 29.6 Å². The van der Waals surface area contributed by atoms with E-state index in [9.17, 15) is 4.79 Å². The Kier molecular flexibility index (Phi) is 5.68. The van der Waals surface area contributed by atoms with Crippen molar-refractivity contribution < 1.29 is 14.3 Å². The summed E-state index contributed by atoms with van der Waals surface area (Å²) in [6.45, 7) is 0.489. The van der Waals surface area contributed by atoms with Gasteiger partial charge in [-0.15, -0.1) is 0 Å². The van der Waals surface area contributed by atoms with Crippen molar-refractivity contribution >= 4 is 16.8 Å². The highest BCUT2D eigenvalue weighted by molar-refractivity contribution is 6.02. The molecule has 0 N–H and O–H groups in total. The SMILES string of the molecule is COc1ccc(CN2C(=O)c3ccccc3[C@H]2c2c(-c3cccc(OC)c3)n(C)c3ccccc23)cc1. The van der Waals surface area contributed by atoms with Crippen LogP contribution in [0.5, 0.6) is 11.5 Å². The van der Waals surface area contributed by atoms with Crippen LogP contribution in [0.4, 0.5) is 0 Å². The van der Waals surface area contributed by atoms with Crippen LogP contribution in [-0.2, 0) is 13.6 Å². The molecule has 5 aromatic rings. The van der Waals surface area contributed by atoms with Gasteiger partial charge in [-0.05, 0) is 47.5 Å². The minimum atomic E-state index is -0.238. The third-order valence-corrected chi connectivity index (χ3v) is 7.33. The topological polar surface area (TPSA) is 43.7 Å². The molecule has 6 rings (SSSR count). The van der Waals surface area contributed by atoms with Crippen molar-refractivity contribution in [2.24, 2.45) is 7.05 Å². The number of carbonyl (C=O) groups is 1. The molecule has 184 valence electrons. The zero-order valence-electron chi connectivity index (χ0n) is 21.1. The quantitative estimate of drug-likeness (QED) is 0.270. The van der Waals surface area contributed by atoms with Gasteiger partial charge in [-0.2, -0.15) is 0 Å². The first-order valence-corrected chi connectivity index (χ1v) is 12.3. The highest BCUT2D eigenvalue weighted by atomic mass is 16.5. The second kappa shape index (κ2) is 9.17. The van der Waals surface area contributed by atoms with Crippen molar-refractivity contribution in [2.75, 3.05) is 14.2 Å². The van der Waals surface area contributed by atoms with Gasteiger partial charge in [0.15, 0.2) is 0 Å². The molecule has 5 heteroatoms. The standard InChI is InChI=1S/C32H28N2O3/c1-33-28-14-7-6-13-27(28)29(30(33)22-9-8-10-24(19-22)37-3)31-25-11-4-5-12-26(25)32(35)34(31)20-21-15-17-23(36-2)18-16-21/h4-19,31H,20H2,1-3H3/t31-/m0/s1. The number of ether oxygens (including phenoxy) is 2. The fourth-order valence-corrected chi connectivity index (χ4v) is 5.59. The molecule has 0 fully saturated rings. The lowest BCUT2D eigenvalue weighted by Crippen LogP contribution is -2.28. The van der Waals surface area contributed by atoms with Gasteiger partial charge >= 0.3 is 0 Å². The Balaban J connectivity index is 1.59. The molecule has 1 amide bonds. The Labute approximate surface area is 216 Å². The molecule has 0 bridgehead atoms. The van der Waals surface area contributed by atoms with Gasteiger partial charge in [-0.25, -0.2) is 0 Å². The Morgan fingerprint density at radius 1 is 0.784 bits per heavy atom. The van der Waals surface area contributed by atoms with Gasteiger partial charge in [-0.3, -0.25) is 4.79 Å². The molecule has 0 saturated heterocycles. The van der Waals surface area contributed by atoms with Crippen molar-refractivity contribution in [1.82, 2.24) is 9.47 Å². The van der Waals surface area contributed by atoms with Crippen LogP contribution in [0.1, 0.15) is 33.1 Å². The van der Waals surface area contributed by atoms with Crippen molar-refractivity contribution in [1.29, 1.82) is 0 Å². The molecule has 1 aliphatic heterocycles. The van der Waals surface area contributed by atoms with E-state index in [2.05, 4.69) is 54.1 Å². The van der Waals surface area contributed by atoms with Crippen LogP contribution in [0.3, 0.4) is 0 Å². The maximum atomic E-state index is 13.9. The third kappa shape index (κ3) is 3.75. The minimum Gasteiger partial charge on any atom is -0.497 e. The maximum Gasteiger partial charge on any atom is 0.255 e. The highest BCUT2D eigenvalue weighted by Crippen LogP contribution is 2.47. The molecular formula is C32H28N2O3. The normalized spacial score (nSPS) is 14.7. The van der Waals surface area contributed by atoms with Crippen molar-refractivity contribution in [3.8, 4) is 22.8 Å². The van der Waals surface area contributed by atoms with E-state index >= 15 is 0 Å². The number of aromatic nitrogens is 1. The van der Waals surface area contributed by atoms with E-state index in [1.54, 1.807) is 14.2 Å². The van der Waals surface area contributed by atoms with Crippen LogP contribution in [0.25, 0.3) is 22.2 Å². The van der Waals surface area contributed by atoms with E-state index in [-0.39, 0.29) is 11.9 Å². The predicted molar refractivity (Wildman–Crippen MR) is 146 cm³/mol. The first-order chi connectivity index (χ1) is 18.1. The lowest BCUT2D eigenvalue weighted by Gasteiger charge is -2.27. The lowest BCUT2D eigenvalue weighted by atomic mass is 9.93. The van der Waals surface area contributed by atoms with E-state index in [0.717, 1.165) is 55.9 Å². The molecule has 1 aromatic heterocycles. The Hall–Kier alpha value is -4.51. The number of hydrogen-bond donors (Lipinski definition) is 0. The smallest absolute Gasteiger partial charge is 0.255 e. The second-order valence-corrected chi connectivity index (χ2v) is 9.34. The second-order valence-electron chi connectivity index (χ2n) is 9.34. The van der Waals surface area contributed by atoms with Gasteiger partial charge in [0.1, 0.15) is 11.5 Å². The Morgan fingerprint density at radius 3 is 2.30 bits per heavy atom. The van der Waals surface area contributed by atoms with E-state index < -0.39 is 0 Å². The van der Waals surface area contributed by atoms with Gasteiger partial charge in [0, 0.05) is 41.2 Å². The number of methoxy groups -OCH3 is 2. The van der Waals surface area contributed by atoms with Crippen LogP contribution in [0, 0.1) is 0 Å². The molecule has 0 unspecified atom stereocenters. The minimum absolute atomic E-state index is 0.0425. The molecular weight excluding hydrogens is 460 g/mol. The van der Waals surface area contributed by atoms with Gasteiger partial charge in [0.05, 0.1) is 26.0 Å². The maximum absolute atomic E-state index is 13.9. The molecule has 5 nitrogen and oxygen atoms in total. The highest BCUT2D eigenvalue weighted by Gasteiger charge is 2.40. The van der Waals surface area contributed by atoms with Gasteiger partial charge in [0.2, 0.25) is 0 Å². The van der Waals surface area contributed by atoms with Crippen molar-refractivity contribution in [3.63, 3.8) is 0 Å². The molecule has 4 aromatic carbocycles. The molecule has 37 heavy (non-hydrogen) atoms. The third-order valence-electron chi connectivity index (χ3n) is 7.33. The monoisotopic (exact) mass is 488 g/mol. The van der Waals surface area contributed by atoms with Crippen molar-refractivity contribution in [3.05, 3.63) is 119 Å². The van der Waals surface area contributed by atoms with E-state index in [1.807, 2.05) is 59.5 Å². The average Bonchev–Trinajstić information content (AvgIpc) is 3.39. The number of fused-ring (bicyclic) bond motifs is 2. The van der Waals surface area contributed by atoms with E-state index in [0.29, 0.717) is 6.54 Å². The van der Waals surface area contributed by atoms with Crippen molar-refractivity contribution in [2.45, 2.75) is 12.6 Å². The summed E-state index contributed by atoms with van der Waals surface area (Å²) in [6.07, 6.45) is 0. The van der Waals surface area contributed by atoms with E-state index in [1.165, 1.54) is 0 Å². The first-order valence-electron chi connectivity index (χ1n) is 12.3. The number of amides is 1. The number of benzene rings is 4. The summed E-state index contributed by atoms with van der Waals surface area (Å²) in [5.74, 6) is 1.64. The summed E-state index contributed by atoms with van der Waals surface area (Å²) in [4.78, 5) is 15.9. The van der Waals surface area contributed by atoms with Crippen LogP contribution >= 0.6 is 0 Å². The van der Waals surface area contributed by atoms with Crippen LogP contribution in [0.2, 0.25) is 0 Å². The Bertz CT molecular complexity index is 1620. The van der Waals surface area contributed by atoms with Crippen LogP contribution < -0.4 is 9.47 Å². The number of rotatable bonds is 6. The van der Waals surface area contributed by atoms with Gasteiger partial charge in [-0.1, -0.05) is 60.7 Å². The fourth-order valence-electron chi connectivity index (χ4n) is 5.59. The van der Waals surface area contributed by atoms with Crippen LogP contribution in [0.15, 0.2) is 97.1 Å². The molecule has 1 atom stereocenters. The molecule has 2 heterocycles. The number of aryl methyl sites for hydroxylation is 1. The molecule has 0 saturated carbocycles. The predicted octanol–water partition coefficient (Wildman–Crippen LogP) is 6.61. The molecule has 0 aliphatic carbocycles. The number of hydrogen-bond acceptors (Lipinski definition) is 3. The summed E-state index contributed by atoms with van der Waals surface area (Å²) in [5, 5.41) is 1.14. The fraction of sp³-hybridized carbons (Fsp3) is 0.156. The first kappa shape index (κ1) is 22.9. The average molecular weight is 489 g/mol. The Morgan fingerprint density at radius 2 is 1.51 bits per heavy atom. The largest absolute Gasteiger partial charge is 0.497 e. The van der Waals surface area contributed by atoms with Gasteiger partial charge < -0.3 is 18.9 Å². The summed E-state index contributed by atoms with van der Waals surface area (Å²) in [7, 11) is 5.44. The lowest BCUT2D eigenvalue weighted by molar-refractivity contribution is 0.0737. The summed E-state index contributed by atoms with van der Waals surface area (Å²) < 4.78 is 13.1. The molecule has 0 radical (unpaired) electrons. The van der Waals surface area contributed by atoms with E-state index in [4.69, 9.17) is 9.47 Å². The number of para-hydroxylation sites is 1. The summed E-state index contributed by atoms with van der Waals surface area (Å²) >= 11 is 0. The number of carbonyl (C=O) groups excluding carboxylic acids is 1. The zero-order chi connectivity index (χ0) is 25.5. The summed E-state index contributed by atoms with van der Waals surface area (Å²) in [6, 6.07) is 32.2. The molecule has 0 spiro atoms. The number of nitrogens with zero attached hydrogens (tertiary/aromatic N) is 2. The van der Waals surface area contributed by atoms with Gasteiger partial charge in [0.25, 0.3) is 5.91 Å².